The monoisotopic (exact) mass is 669 g/mol. The lowest BCUT2D eigenvalue weighted by Gasteiger charge is -2.25. The molecule has 3 amide bonds. The topological polar surface area (TPSA) is 131 Å². The van der Waals surface area contributed by atoms with Crippen LogP contribution in [0, 0.1) is 11.3 Å². The summed E-state index contributed by atoms with van der Waals surface area (Å²) < 4.78 is 21.2. The van der Waals surface area contributed by atoms with E-state index in [0.29, 0.717) is 13.0 Å². The number of methoxy groups -OCH3 is 1. The van der Waals surface area contributed by atoms with E-state index in [2.05, 4.69) is 69.9 Å². The van der Waals surface area contributed by atoms with Crippen LogP contribution in [-0.2, 0) is 20.7 Å². The third-order valence-electron chi connectivity index (χ3n) is 6.30. The smallest absolute Gasteiger partial charge is 0.407 e. The second kappa shape index (κ2) is 25.2. The molecule has 0 radical (unpaired) electrons. The number of aryl methyl sites for hydroxylation is 1. The van der Waals surface area contributed by atoms with Crippen molar-refractivity contribution in [1.29, 1.82) is 0 Å². The van der Waals surface area contributed by atoms with Crippen LogP contribution in [0.25, 0.3) is 10.8 Å². The molecule has 1 saturated heterocycles. The summed E-state index contributed by atoms with van der Waals surface area (Å²) in [6.45, 7) is 18.3. The average molecular weight is 670 g/mol. The highest BCUT2D eigenvalue weighted by Gasteiger charge is 2.31. The van der Waals surface area contributed by atoms with E-state index in [1.54, 1.807) is 12.0 Å². The van der Waals surface area contributed by atoms with Gasteiger partial charge in [-0.15, -0.1) is 9.24 Å². The molecule has 0 aliphatic carbocycles. The molecule has 3 unspecified atom stereocenters. The lowest BCUT2D eigenvalue weighted by molar-refractivity contribution is -0.131. The molecule has 46 heavy (non-hydrogen) atoms. The van der Waals surface area contributed by atoms with Crippen LogP contribution in [0.2, 0.25) is 0 Å². The van der Waals surface area contributed by atoms with Crippen molar-refractivity contribution < 1.29 is 33.4 Å². The van der Waals surface area contributed by atoms with Gasteiger partial charge in [0.05, 0.1) is 19.8 Å². The number of nitrogens with two attached hydrogens (primary N) is 1. The van der Waals surface area contributed by atoms with Crippen molar-refractivity contribution in [3.05, 3.63) is 42.0 Å². The number of alkyl carbamates (subject to hydrolysis) is 1. The van der Waals surface area contributed by atoms with Crippen molar-refractivity contribution in [3.8, 4) is 5.75 Å². The molecule has 264 valence electrons. The number of nitrogens with one attached hydrogen (secondary N) is 1. The molecule has 4 N–H and O–H groups in total. The molecule has 1 aliphatic heterocycles. The second-order valence-corrected chi connectivity index (χ2v) is 12.5. The van der Waals surface area contributed by atoms with E-state index < -0.39 is 12.2 Å². The summed E-state index contributed by atoms with van der Waals surface area (Å²) in [5.74, 6) is 1.19. The van der Waals surface area contributed by atoms with Gasteiger partial charge in [-0.25, -0.2) is 9.18 Å². The largest absolute Gasteiger partial charge is 0.496 e. The molecule has 0 spiro atoms. The van der Waals surface area contributed by atoms with Crippen LogP contribution in [0.3, 0.4) is 0 Å². The van der Waals surface area contributed by atoms with Crippen LogP contribution in [0.4, 0.5) is 9.18 Å². The van der Waals surface area contributed by atoms with Gasteiger partial charge in [-0.3, -0.25) is 9.59 Å². The van der Waals surface area contributed by atoms with Gasteiger partial charge in [0.15, 0.2) is 0 Å². The van der Waals surface area contributed by atoms with Gasteiger partial charge in [0, 0.05) is 19.5 Å². The van der Waals surface area contributed by atoms with Crippen LogP contribution in [0.15, 0.2) is 36.4 Å². The lowest BCUT2D eigenvalue weighted by Crippen LogP contribution is -2.42. The molecule has 2 aromatic rings. The molecule has 0 aromatic heterocycles. The molecule has 1 aliphatic rings. The summed E-state index contributed by atoms with van der Waals surface area (Å²) in [6.07, 6.45) is 1.82. The predicted molar refractivity (Wildman–Crippen MR) is 191 cm³/mol. The van der Waals surface area contributed by atoms with Crippen LogP contribution in [0.1, 0.15) is 87.1 Å². The first-order valence-electron chi connectivity index (χ1n) is 16.0. The lowest BCUT2D eigenvalue weighted by atomic mass is 9.87. The zero-order valence-electron chi connectivity index (χ0n) is 29.8. The summed E-state index contributed by atoms with van der Waals surface area (Å²) in [5.41, 5.74) is 5.45. The normalized spacial score (nSPS) is 15.0. The van der Waals surface area contributed by atoms with Crippen LogP contribution in [0.5, 0.6) is 5.75 Å². The quantitative estimate of drug-likeness (QED) is 0.250. The van der Waals surface area contributed by atoms with E-state index in [1.165, 1.54) is 17.9 Å². The highest BCUT2D eigenvalue weighted by Crippen LogP contribution is 2.30. The van der Waals surface area contributed by atoms with E-state index in [-0.39, 0.29) is 42.8 Å². The minimum Gasteiger partial charge on any atom is -0.496 e. The van der Waals surface area contributed by atoms with Gasteiger partial charge in [-0.2, -0.15) is 0 Å². The van der Waals surface area contributed by atoms with E-state index in [1.807, 2.05) is 42.1 Å². The van der Waals surface area contributed by atoms with E-state index in [4.69, 9.17) is 9.47 Å². The van der Waals surface area contributed by atoms with E-state index >= 15 is 0 Å². The predicted octanol–water partition coefficient (Wildman–Crippen LogP) is 6.87. The number of amides is 3. The Labute approximate surface area is 279 Å². The number of primary amides is 1. The number of ether oxygens (including phenoxy) is 2. The standard InChI is InChI=1S/C26H36N2O5.C4H10.C2H5NO.C2H6.CH4FP/c1-18-12-22(29)16-28(18)24(30)15-27-25(31)33-17-26(2,3)11-7-10-21-13-19-8-5-6-9-20(19)14-23(21)32-4;1-4(2)3;1-2(3)4;1-2;2-1-3/h5-6,8-9,13-14,18,22,29H,7,10-12,15-17H2,1-4H3,(H,27,31);4H,1-3H3;1H3,(H2,3,4);1-2H3;1,3H2. The molecule has 3 rings (SSSR count). The van der Waals surface area contributed by atoms with Gasteiger partial charge in [-0.05, 0) is 72.4 Å². The van der Waals surface area contributed by atoms with Crippen molar-refractivity contribution in [2.45, 2.75) is 100 Å². The maximum atomic E-state index is 12.3. The number of hydrogen-bond acceptors (Lipinski definition) is 6. The van der Waals surface area contributed by atoms with Crippen LogP contribution < -0.4 is 15.8 Å². The Morgan fingerprint density at radius 3 is 2.11 bits per heavy atom. The SMILES string of the molecule is CC.CC(C)C.CC(N)=O.COc1cc2ccccc2cc1CCCC(C)(C)COC(=O)NCC(=O)N1CC(O)CC1C.FCP. The van der Waals surface area contributed by atoms with Gasteiger partial charge < -0.3 is 30.5 Å². The van der Waals surface area contributed by atoms with Crippen molar-refractivity contribution in [3.63, 3.8) is 0 Å². The van der Waals surface area contributed by atoms with Crippen LogP contribution >= 0.6 is 9.24 Å². The molecule has 1 heterocycles. The molecule has 11 heteroatoms. The molecular formula is C35H61FN3O6P. The fourth-order valence-electron chi connectivity index (χ4n) is 4.39. The number of likely N-dealkylation sites (tertiary alicyclic amines) is 1. The van der Waals surface area contributed by atoms with Gasteiger partial charge in [0.1, 0.15) is 18.7 Å². The number of aliphatic hydroxyl groups is 1. The molecular weight excluding hydrogens is 608 g/mol. The average Bonchev–Trinajstić information content (AvgIpc) is 3.32. The Balaban J connectivity index is 0. The third-order valence-corrected chi connectivity index (χ3v) is 6.30. The summed E-state index contributed by atoms with van der Waals surface area (Å²) in [5, 5.41) is 14.6. The highest BCUT2D eigenvalue weighted by molar-refractivity contribution is 7.16. The fraction of sp³-hybridized carbons (Fsp3) is 0.629. The van der Waals surface area contributed by atoms with E-state index in [9.17, 15) is 23.9 Å². The summed E-state index contributed by atoms with van der Waals surface area (Å²) >= 11 is 0. The van der Waals surface area contributed by atoms with Crippen LogP contribution in [-0.4, -0.2) is 73.3 Å². The van der Waals surface area contributed by atoms with Crippen molar-refractivity contribution >= 4 is 37.9 Å². The molecule has 9 nitrogen and oxygen atoms in total. The Morgan fingerprint density at radius 1 is 1.15 bits per heavy atom. The number of alkyl halides is 1. The van der Waals surface area contributed by atoms with Crippen molar-refractivity contribution in [2.24, 2.45) is 17.1 Å². The number of rotatable bonds is 9. The highest BCUT2D eigenvalue weighted by atomic mass is 31.0. The number of carbonyl (C=O) groups excluding carboxylic acids is 3. The number of benzene rings is 2. The van der Waals surface area contributed by atoms with Gasteiger partial charge in [0.2, 0.25) is 11.8 Å². The number of nitrogens with zero attached hydrogens (tertiary/aromatic N) is 1. The number of aliphatic hydroxyl groups excluding tert-OH is 1. The molecule has 2 aromatic carbocycles. The first-order valence-corrected chi connectivity index (χ1v) is 16.8. The van der Waals surface area contributed by atoms with Crippen molar-refractivity contribution in [2.75, 3.05) is 33.2 Å². The minimum absolute atomic E-state index is 0.0227. The number of halogens is 1. The maximum Gasteiger partial charge on any atom is 0.407 e. The zero-order chi connectivity index (χ0) is 35.9. The molecule has 1 fully saturated rings. The second-order valence-electron chi connectivity index (χ2n) is 12.2. The van der Waals surface area contributed by atoms with Crippen molar-refractivity contribution in [1.82, 2.24) is 10.2 Å². The third kappa shape index (κ3) is 20.9. The first kappa shape index (κ1) is 45.2. The number of carbonyl (C=O) groups is 3. The number of hydrogen-bond donors (Lipinski definition) is 3. The summed E-state index contributed by atoms with van der Waals surface area (Å²) in [6, 6.07) is 12.5. The Hall–Kier alpha value is -2.97. The fourth-order valence-corrected chi connectivity index (χ4v) is 4.39. The first-order chi connectivity index (χ1) is 21.6. The maximum absolute atomic E-state index is 12.3. The summed E-state index contributed by atoms with van der Waals surface area (Å²) in [4.78, 5) is 35.2. The van der Waals surface area contributed by atoms with E-state index in [0.717, 1.165) is 36.3 Å². The van der Waals surface area contributed by atoms with Gasteiger partial charge >= 0.3 is 6.09 Å². The molecule has 3 atom stereocenters. The molecule has 0 bridgehead atoms. The number of β-amino-alcohol motifs (C(OH)–C–C–N with tert-alkyl or cyclic N) is 1. The molecule has 0 saturated carbocycles. The Bertz CT molecular complexity index is 1140. The summed E-state index contributed by atoms with van der Waals surface area (Å²) in [7, 11) is 3.61. The van der Waals surface area contributed by atoms with Gasteiger partial charge in [0.25, 0.3) is 0 Å². The Morgan fingerprint density at radius 2 is 1.65 bits per heavy atom. The minimum atomic E-state index is -0.597. The zero-order valence-corrected chi connectivity index (χ0v) is 31.0. The Kier molecular flexibility index (Phi) is 24.7. The number of fused-ring (bicyclic) bond motifs is 1. The van der Waals surface area contributed by atoms with Gasteiger partial charge in [-0.1, -0.05) is 72.7 Å².